The van der Waals surface area contributed by atoms with Crippen molar-refractivity contribution in [2.75, 3.05) is 6.54 Å². The number of aromatic amines is 1. The first kappa shape index (κ1) is 34.9. The fourth-order valence-corrected chi connectivity index (χ4v) is 7.98. The van der Waals surface area contributed by atoms with E-state index in [2.05, 4.69) is 41.2 Å². The molecule has 0 amide bonds. The number of aliphatic hydroxyl groups is 4. The number of fused-ring (bicyclic) bond motifs is 1. The topological polar surface area (TPSA) is 164 Å². The molecule has 9 N–H and O–H groups in total. The molecule has 11 atom stereocenters. The van der Waals surface area contributed by atoms with E-state index in [9.17, 15) is 25.5 Å². The molecule has 49 heavy (non-hydrogen) atoms. The van der Waals surface area contributed by atoms with E-state index >= 15 is 0 Å². The monoisotopic (exact) mass is 669 g/mol. The number of phenolic OH excluding ortho intramolecular Hbond substituents is 1. The summed E-state index contributed by atoms with van der Waals surface area (Å²) < 4.78 is 6.52. The van der Waals surface area contributed by atoms with Crippen molar-refractivity contribution in [1.29, 1.82) is 0 Å². The lowest BCUT2D eigenvalue weighted by Crippen LogP contribution is -2.50. The second-order valence-corrected chi connectivity index (χ2v) is 14.1. The van der Waals surface area contributed by atoms with Crippen LogP contribution in [0.4, 0.5) is 0 Å². The average Bonchev–Trinajstić information content (AvgIpc) is 3.55. The molecular weight excluding hydrogens is 618 g/mol. The van der Waals surface area contributed by atoms with E-state index in [0.717, 1.165) is 42.5 Å². The van der Waals surface area contributed by atoms with Gasteiger partial charge in [0, 0.05) is 48.0 Å². The molecule has 0 saturated heterocycles. The standard InChI is InChI=1S/C40H51N3O6/c1-2-24-6-3-4-8-33(45)38-25(10-9-24)11-12-26(20-35(38)47)27-13-15-32(44)36(21-27)49-40-30(14-16-34(46)39(40)48)31(23-29-7-5-18-42-29)28-17-19-43-37(41)22-28/h5,7,11-18,21-22,24-26,30-31,33-35,38-40,42-48H,2-4,6,8,19-20,23,41H2,1H3/t24-,25+,26+,30-,31+,33-,34+,35+,38+,39-,40-/m0/s1. The minimum Gasteiger partial charge on any atom is -0.504 e. The first-order valence-corrected chi connectivity index (χ1v) is 17.8. The largest absolute Gasteiger partial charge is 0.504 e. The van der Waals surface area contributed by atoms with Gasteiger partial charge in [-0.3, -0.25) is 0 Å². The van der Waals surface area contributed by atoms with E-state index in [-0.39, 0.29) is 35.2 Å². The van der Waals surface area contributed by atoms with Crippen molar-refractivity contribution >= 4 is 0 Å². The number of nitrogens with one attached hydrogen (secondary N) is 2. The number of dihydropyridines is 1. The Morgan fingerprint density at radius 2 is 1.84 bits per heavy atom. The molecule has 3 aliphatic carbocycles. The van der Waals surface area contributed by atoms with Gasteiger partial charge in [-0.15, -0.1) is 0 Å². The maximum atomic E-state index is 11.5. The summed E-state index contributed by atoms with van der Waals surface area (Å²) in [5, 5.41) is 59.0. The molecule has 0 fully saturated rings. The highest BCUT2D eigenvalue weighted by molar-refractivity contribution is 5.45. The molecule has 0 radical (unpaired) electrons. The zero-order valence-corrected chi connectivity index (χ0v) is 28.2. The fraction of sp³-hybridized carbons (Fsp3) is 0.500. The normalized spacial score (nSPS) is 33.8. The second-order valence-electron chi connectivity index (χ2n) is 14.1. The van der Waals surface area contributed by atoms with Crippen LogP contribution in [0.25, 0.3) is 0 Å². The zero-order chi connectivity index (χ0) is 34.5. The number of aromatic nitrogens is 1. The van der Waals surface area contributed by atoms with Crippen molar-refractivity contribution in [3.63, 3.8) is 0 Å². The Bertz CT molecular complexity index is 1600. The Hall–Kier alpha value is -3.94. The molecule has 2 aromatic rings. The number of hydrogen-bond donors (Lipinski definition) is 8. The fourth-order valence-electron chi connectivity index (χ4n) is 7.98. The summed E-state index contributed by atoms with van der Waals surface area (Å²) >= 11 is 0. The highest BCUT2D eigenvalue weighted by Crippen LogP contribution is 2.41. The van der Waals surface area contributed by atoms with E-state index in [1.54, 1.807) is 18.2 Å². The third-order valence-corrected chi connectivity index (χ3v) is 10.8. The second kappa shape index (κ2) is 15.7. The quantitative estimate of drug-likeness (QED) is 0.153. The molecule has 9 nitrogen and oxygen atoms in total. The third kappa shape index (κ3) is 8.11. The molecular formula is C40H51N3O6. The summed E-state index contributed by atoms with van der Waals surface area (Å²) in [7, 11) is 0. The number of H-pyrrole nitrogens is 1. The number of ether oxygens (including phenoxy) is 1. The predicted octanol–water partition coefficient (Wildman–Crippen LogP) is 4.17. The van der Waals surface area contributed by atoms with Crippen LogP contribution in [-0.2, 0) is 6.42 Å². The number of hydrogen-bond acceptors (Lipinski definition) is 8. The molecule has 1 aromatic carbocycles. The Morgan fingerprint density at radius 1 is 1.00 bits per heavy atom. The Balaban J connectivity index is 1.30. The van der Waals surface area contributed by atoms with Crippen LogP contribution in [0.3, 0.4) is 0 Å². The molecule has 0 bridgehead atoms. The van der Waals surface area contributed by atoms with Crippen molar-refractivity contribution in [1.82, 2.24) is 10.3 Å². The molecule has 2 heterocycles. The molecule has 1 aromatic heterocycles. The van der Waals surface area contributed by atoms with Gasteiger partial charge in [0.15, 0.2) is 11.5 Å². The van der Waals surface area contributed by atoms with Crippen molar-refractivity contribution in [2.45, 2.75) is 88.3 Å². The lowest BCUT2D eigenvalue weighted by molar-refractivity contribution is -0.0608. The van der Waals surface area contributed by atoms with Crippen LogP contribution in [0, 0.1) is 41.4 Å². The first-order chi connectivity index (χ1) is 23.7. The third-order valence-electron chi connectivity index (χ3n) is 10.8. The maximum Gasteiger partial charge on any atom is 0.161 e. The summed E-state index contributed by atoms with van der Waals surface area (Å²) in [5.41, 5.74) is 8.99. The van der Waals surface area contributed by atoms with Crippen molar-refractivity contribution in [2.24, 2.45) is 35.3 Å². The summed E-state index contributed by atoms with van der Waals surface area (Å²) in [4.78, 5) is 3.28. The van der Waals surface area contributed by atoms with Gasteiger partial charge in [0.05, 0.1) is 18.0 Å². The van der Waals surface area contributed by atoms with Gasteiger partial charge < -0.3 is 46.3 Å². The molecule has 6 rings (SSSR count). The Labute approximate surface area is 289 Å². The van der Waals surface area contributed by atoms with Crippen molar-refractivity contribution in [3.8, 4) is 23.3 Å². The summed E-state index contributed by atoms with van der Waals surface area (Å²) in [6.45, 7) is 2.72. The van der Waals surface area contributed by atoms with Crippen LogP contribution in [0.2, 0.25) is 0 Å². The first-order valence-electron chi connectivity index (χ1n) is 17.8. The highest BCUT2D eigenvalue weighted by atomic mass is 16.5. The molecule has 0 saturated carbocycles. The minimum absolute atomic E-state index is 0.0935. The van der Waals surface area contributed by atoms with Gasteiger partial charge in [0.2, 0.25) is 0 Å². The molecule has 0 spiro atoms. The van der Waals surface area contributed by atoms with E-state index in [4.69, 9.17) is 10.5 Å². The van der Waals surface area contributed by atoms with Gasteiger partial charge in [-0.1, -0.05) is 68.1 Å². The summed E-state index contributed by atoms with van der Waals surface area (Å²) in [6, 6.07) is 9.09. The van der Waals surface area contributed by atoms with Crippen LogP contribution < -0.4 is 15.8 Å². The number of aromatic hydroxyl groups is 1. The van der Waals surface area contributed by atoms with Gasteiger partial charge in [-0.05, 0) is 79.5 Å². The van der Waals surface area contributed by atoms with E-state index in [0.29, 0.717) is 37.5 Å². The van der Waals surface area contributed by atoms with Crippen molar-refractivity contribution in [3.05, 3.63) is 95.6 Å². The van der Waals surface area contributed by atoms with E-state index in [1.807, 2.05) is 42.6 Å². The molecule has 9 heteroatoms. The molecule has 4 aliphatic rings. The zero-order valence-electron chi connectivity index (χ0n) is 28.2. The van der Waals surface area contributed by atoms with Crippen LogP contribution in [0.1, 0.15) is 62.6 Å². The maximum absolute atomic E-state index is 11.5. The lowest BCUT2D eigenvalue weighted by atomic mass is 9.74. The van der Waals surface area contributed by atoms with Gasteiger partial charge in [0.25, 0.3) is 0 Å². The average molecular weight is 670 g/mol. The van der Waals surface area contributed by atoms with E-state index < -0.39 is 36.4 Å². The van der Waals surface area contributed by atoms with Gasteiger partial charge in [-0.25, -0.2) is 0 Å². The Morgan fingerprint density at radius 3 is 2.61 bits per heavy atom. The van der Waals surface area contributed by atoms with Crippen LogP contribution in [0.15, 0.2) is 84.4 Å². The smallest absolute Gasteiger partial charge is 0.161 e. The van der Waals surface area contributed by atoms with Crippen LogP contribution in [-0.4, -0.2) is 67.6 Å². The lowest BCUT2D eigenvalue weighted by Gasteiger charge is -2.39. The minimum atomic E-state index is -1.26. The number of nitrogens with two attached hydrogens (primary N) is 1. The SMILES string of the molecule is CC[C@@H]1C#C[C@@H]2C=C[C@@H](c3ccc(O)c(O[C@@H]4[C@@H](O)[C@H](O)C=C[C@H]4[C@H](Cc4ccc[nH]4)C4=CCNC(N)=C4)c3)C[C@@H](O)[C@H]2[C@@H](O)CCCC1. The highest BCUT2D eigenvalue weighted by Gasteiger charge is 2.42. The molecule has 262 valence electrons. The number of aliphatic hydroxyl groups excluding tert-OH is 4. The Kier molecular flexibility index (Phi) is 11.2. The predicted molar refractivity (Wildman–Crippen MR) is 189 cm³/mol. The molecule has 0 unspecified atom stereocenters. The van der Waals surface area contributed by atoms with E-state index in [1.165, 1.54) is 0 Å². The number of rotatable bonds is 8. The van der Waals surface area contributed by atoms with Gasteiger partial charge >= 0.3 is 0 Å². The van der Waals surface area contributed by atoms with Crippen LogP contribution in [0.5, 0.6) is 11.5 Å². The number of phenols is 1. The summed E-state index contributed by atoms with van der Waals surface area (Å²) in [5.74, 6) is 6.35. The van der Waals surface area contributed by atoms with Gasteiger partial charge in [-0.2, -0.15) is 0 Å². The number of benzene rings is 1. The number of allylic oxidation sites excluding steroid dienone is 4. The van der Waals surface area contributed by atoms with Crippen molar-refractivity contribution < 1.29 is 30.3 Å². The molecule has 1 aliphatic heterocycles. The van der Waals surface area contributed by atoms with Gasteiger partial charge in [0.1, 0.15) is 18.3 Å². The summed E-state index contributed by atoms with van der Waals surface area (Å²) in [6.07, 6.45) is 14.2. The van der Waals surface area contributed by atoms with Crippen LogP contribution >= 0.6 is 0 Å².